The first-order valence-electron chi connectivity index (χ1n) is 9.27. The first-order valence-corrected chi connectivity index (χ1v) is 9.27. The van der Waals surface area contributed by atoms with Crippen molar-refractivity contribution in [1.29, 1.82) is 0 Å². The van der Waals surface area contributed by atoms with E-state index in [2.05, 4.69) is 5.32 Å². The van der Waals surface area contributed by atoms with Gasteiger partial charge in [0.15, 0.2) is 0 Å². The number of rotatable bonds is 6. The smallest absolute Gasteiger partial charge is 0.222 e. The van der Waals surface area contributed by atoms with Crippen molar-refractivity contribution >= 4 is 11.8 Å². The largest absolute Gasteiger partial charge is 0.356 e. The summed E-state index contributed by atoms with van der Waals surface area (Å²) in [7, 11) is 0. The van der Waals surface area contributed by atoms with E-state index in [1.165, 1.54) is 32.1 Å². The van der Waals surface area contributed by atoms with Crippen LogP contribution in [-0.2, 0) is 9.59 Å². The quantitative estimate of drug-likeness (QED) is 0.767. The lowest BCUT2D eigenvalue weighted by atomic mass is 9.86. The Labute approximate surface area is 134 Å². The number of nitrogens with one attached hydrogen (secondary N) is 1. The van der Waals surface area contributed by atoms with Crippen molar-refractivity contribution in [2.24, 2.45) is 17.8 Å². The molecular weight excluding hydrogens is 276 g/mol. The average molecular weight is 306 g/mol. The van der Waals surface area contributed by atoms with Crippen LogP contribution in [-0.4, -0.2) is 36.3 Å². The Morgan fingerprint density at radius 1 is 1.18 bits per heavy atom. The molecule has 3 atom stereocenters. The van der Waals surface area contributed by atoms with Crippen molar-refractivity contribution in [2.75, 3.05) is 19.6 Å². The first-order chi connectivity index (χ1) is 10.7. The lowest BCUT2D eigenvalue weighted by molar-refractivity contribution is -0.130. The van der Waals surface area contributed by atoms with E-state index in [9.17, 15) is 9.59 Å². The van der Waals surface area contributed by atoms with Gasteiger partial charge in [-0.25, -0.2) is 0 Å². The van der Waals surface area contributed by atoms with Crippen LogP contribution >= 0.6 is 0 Å². The van der Waals surface area contributed by atoms with Gasteiger partial charge in [-0.15, -0.1) is 0 Å². The summed E-state index contributed by atoms with van der Waals surface area (Å²) >= 11 is 0. The predicted octanol–water partition coefficient (Wildman–Crippen LogP) is 2.72. The molecule has 4 nitrogen and oxygen atoms in total. The zero-order valence-electron chi connectivity index (χ0n) is 13.7. The van der Waals surface area contributed by atoms with E-state index in [1.807, 2.05) is 4.90 Å². The Bertz CT molecular complexity index is 410. The monoisotopic (exact) mass is 306 g/mol. The van der Waals surface area contributed by atoms with Crippen molar-refractivity contribution in [1.82, 2.24) is 10.2 Å². The lowest BCUT2D eigenvalue weighted by Crippen LogP contribution is -2.34. The number of likely N-dealkylation sites (tertiary alicyclic amines) is 1. The van der Waals surface area contributed by atoms with Gasteiger partial charge in [0.1, 0.15) is 0 Å². The molecule has 0 aromatic heterocycles. The molecule has 1 saturated heterocycles. The third-order valence-electron chi connectivity index (χ3n) is 5.93. The highest BCUT2D eigenvalue weighted by Crippen LogP contribution is 2.49. The van der Waals surface area contributed by atoms with Crippen molar-refractivity contribution in [3.05, 3.63) is 0 Å². The summed E-state index contributed by atoms with van der Waals surface area (Å²) in [6, 6.07) is 0. The Hall–Kier alpha value is -1.06. The molecular formula is C18H30N2O2. The Kier molecular flexibility index (Phi) is 5.37. The normalized spacial score (nSPS) is 31.4. The standard InChI is InChI=1S/C18H30N2O2/c21-17(13-16-12-14-6-7-15(16)11-14)19-8-4-10-20-9-3-1-2-5-18(20)22/h14-16H,1-13H2,(H,19,21)/t14-,15-,16+/m0/s1. The van der Waals surface area contributed by atoms with Gasteiger partial charge in [-0.1, -0.05) is 12.8 Å². The van der Waals surface area contributed by atoms with Crippen molar-refractivity contribution in [3.8, 4) is 0 Å². The maximum absolute atomic E-state index is 12.1. The summed E-state index contributed by atoms with van der Waals surface area (Å²) in [6.07, 6.45) is 11.0. The maximum Gasteiger partial charge on any atom is 0.222 e. The second kappa shape index (κ2) is 7.47. The SMILES string of the molecule is O=C(C[C@H]1C[C@H]2CC[C@H]1C2)NCCCN1CCCCCC1=O. The van der Waals surface area contributed by atoms with E-state index in [0.29, 0.717) is 24.8 Å². The Morgan fingerprint density at radius 3 is 2.86 bits per heavy atom. The predicted molar refractivity (Wildman–Crippen MR) is 86.2 cm³/mol. The zero-order valence-corrected chi connectivity index (χ0v) is 13.7. The van der Waals surface area contributed by atoms with Gasteiger partial charge < -0.3 is 10.2 Å². The fourth-order valence-corrected chi connectivity index (χ4v) is 4.71. The van der Waals surface area contributed by atoms with Crippen molar-refractivity contribution in [2.45, 2.75) is 64.2 Å². The van der Waals surface area contributed by atoms with Crippen molar-refractivity contribution in [3.63, 3.8) is 0 Å². The van der Waals surface area contributed by atoms with E-state index in [4.69, 9.17) is 0 Å². The fraction of sp³-hybridized carbons (Fsp3) is 0.889. The highest BCUT2D eigenvalue weighted by molar-refractivity contribution is 5.77. The van der Waals surface area contributed by atoms with Gasteiger partial charge in [-0.3, -0.25) is 9.59 Å². The molecule has 22 heavy (non-hydrogen) atoms. The van der Waals surface area contributed by atoms with E-state index in [1.54, 1.807) is 0 Å². The van der Waals surface area contributed by atoms with Crippen LogP contribution in [0.5, 0.6) is 0 Å². The lowest BCUT2D eigenvalue weighted by Gasteiger charge is -2.22. The molecule has 1 N–H and O–H groups in total. The third kappa shape index (κ3) is 4.02. The van der Waals surface area contributed by atoms with Crippen LogP contribution in [0.25, 0.3) is 0 Å². The molecule has 0 aromatic carbocycles. The zero-order chi connectivity index (χ0) is 15.4. The average Bonchev–Trinajstić information content (AvgIpc) is 3.05. The highest BCUT2D eigenvalue weighted by Gasteiger charge is 2.39. The van der Waals surface area contributed by atoms with Gasteiger partial charge in [-0.2, -0.15) is 0 Å². The van der Waals surface area contributed by atoms with E-state index < -0.39 is 0 Å². The first kappa shape index (κ1) is 15.8. The summed E-state index contributed by atoms with van der Waals surface area (Å²) in [4.78, 5) is 25.9. The molecule has 1 aliphatic heterocycles. The number of fused-ring (bicyclic) bond motifs is 2. The van der Waals surface area contributed by atoms with E-state index in [-0.39, 0.29) is 5.91 Å². The number of carbonyl (C=O) groups excluding carboxylic acids is 2. The molecule has 0 aromatic rings. The van der Waals surface area contributed by atoms with Crippen LogP contribution in [0.3, 0.4) is 0 Å². The van der Waals surface area contributed by atoms with E-state index >= 15 is 0 Å². The molecule has 2 bridgehead atoms. The van der Waals surface area contributed by atoms with Gasteiger partial charge in [0.05, 0.1) is 0 Å². The highest BCUT2D eigenvalue weighted by atomic mass is 16.2. The molecule has 4 heteroatoms. The molecule has 0 radical (unpaired) electrons. The van der Waals surface area contributed by atoms with Gasteiger partial charge in [0, 0.05) is 32.5 Å². The minimum Gasteiger partial charge on any atom is -0.356 e. The third-order valence-corrected chi connectivity index (χ3v) is 5.93. The molecule has 0 spiro atoms. The number of nitrogens with zero attached hydrogens (tertiary/aromatic N) is 1. The maximum atomic E-state index is 12.1. The van der Waals surface area contributed by atoms with Gasteiger partial charge in [-0.05, 0) is 56.3 Å². The number of carbonyl (C=O) groups is 2. The minimum absolute atomic E-state index is 0.222. The Morgan fingerprint density at radius 2 is 2.09 bits per heavy atom. The molecule has 3 rings (SSSR count). The molecule has 124 valence electrons. The summed E-state index contributed by atoms with van der Waals surface area (Å²) < 4.78 is 0. The summed E-state index contributed by atoms with van der Waals surface area (Å²) in [5.41, 5.74) is 0. The second-order valence-electron chi connectivity index (χ2n) is 7.53. The van der Waals surface area contributed by atoms with E-state index in [0.717, 1.165) is 50.6 Å². The number of hydrogen-bond donors (Lipinski definition) is 1. The summed E-state index contributed by atoms with van der Waals surface area (Å²) in [6.45, 7) is 2.41. The Balaban J connectivity index is 1.29. The molecule has 3 aliphatic rings. The molecule has 3 fully saturated rings. The summed E-state index contributed by atoms with van der Waals surface area (Å²) in [5, 5.41) is 3.06. The van der Waals surface area contributed by atoms with Crippen LogP contribution in [0.15, 0.2) is 0 Å². The van der Waals surface area contributed by atoms with Crippen LogP contribution < -0.4 is 5.32 Å². The summed E-state index contributed by atoms with van der Waals surface area (Å²) in [5.74, 6) is 2.90. The number of amides is 2. The van der Waals surface area contributed by atoms with Crippen LogP contribution in [0.1, 0.15) is 64.2 Å². The van der Waals surface area contributed by atoms with Crippen LogP contribution in [0.4, 0.5) is 0 Å². The minimum atomic E-state index is 0.222. The van der Waals surface area contributed by atoms with Gasteiger partial charge in [0.25, 0.3) is 0 Å². The molecule has 2 aliphatic carbocycles. The van der Waals surface area contributed by atoms with Crippen LogP contribution in [0.2, 0.25) is 0 Å². The molecule has 0 unspecified atom stereocenters. The molecule has 1 heterocycles. The van der Waals surface area contributed by atoms with Gasteiger partial charge in [0.2, 0.25) is 11.8 Å². The second-order valence-corrected chi connectivity index (χ2v) is 7.53. The molecule has 2 amide bonds. The molecule has 2 saturated carbocycles. The number of hydrogen-bond acceptors (Lipinski definition) is 2. The topological polar surface area (TPSA) is 49.4 Å². The van der Waals surface area contributed by atoms with Crippen LogP contribution in [0, 0.1) is 17.8 Å². The van der Waals surface area contributed by atoms with Crippen molar-refractivity contribution < 1.29 is 9.59 Å². The van der Waals surface area contributed by atoms with Gasteiger partial charge >= 0.3 is 0 Å². The fourth-order valence-electron chi connectivity index (χ4n) is 4.71.